The molecular weight excluding hydrogens is 276 g/mol. The van der Waals surface area contributed by atoms with Crippen molar-refractivity contribution in [3.8, 4) is 0 Å². The third kappa shape index (κ3) is 3.55. The first-order valence-corrected chi connectivity index (χ1v) is 8.33. The highest BCUT2D eigenvalue weighted by Gasteiger charge is 2.28. The Hall–Kier alpha value is -1.68. The molecule has 2 heterocycles. The van der Waals surface area contributed by atoms with Crippen molar-refractivity contribution in [3.05, 3.63) is 35.9 Å². The average molecular weight is 300 g/mol. The van der Waals surface area contributed by atoms with Crippen LogP contribution in [0, 0.1) is 5.92 Å². The smallest absolute Gasteiger partial charge is 0.236 e. The predicted molar refractivity (Wildman–Crippen MR) is 85.8 cm³/mol. The number of carbonyl (C=O) groups excluding carboxylic acids is 2. The van der Waals surface area contributed by atoms with Crippen molar-refractivity contribution in [2.45, 2.75) is 25.7 Å². The van der Waals surface area contributed by atoms with E-state index in [9.17, 15) is 9.59 Å². The van der Waals surface area contributed by atoms with Crippen LogP contribution in [-0.2, 0) is 4.79 Å². The molecule has 1 amide bonds. The van der Waals surface area contributed by atoms with Crippen LogP contribution in [0.15, 0.2) is 30.3 Å². The van der Waals surface area contributed by atoms with Crippen molar-refractivity contribution < 1.29 is 9.59 Å². The zero-order valence-electron chi connectivity index (χ0n) is 13.0. The fraction of sp³-hybridized carbons (Fsp3) is 0.556. The molecule has 0 aliphatic carbocycles. The van der Waals surface area contributed by atoms with Gasteiger partial charge in [-0.15, -0.1) is 0 Å². The molecule has 118 valence electrons. The molecule has 1 aromatic carbocycles. The second kappa shape index (κ2) is 7.05. The number of nitrogens with zero attached hydrogens (tertiary/aromatic N) is 2. The standard InChI is InChI=1S/C18H24N2O2/c21-17(20-10-4-5-11-20)14-19-12-8-16(9-13-19)18(22)15-6-2-1-3-7-15/h1-3,6-7,16H,4-5,8-14H2. The van der Waals surface area contributed by atoms with Gasteiger partial charge in [0.15, 0.2) is 5.78 Å². The summed E-state index contributed by atoms with van der Waals surface area (Å²) >= 11 is 0. The van der Waals surface area contributed by atoms with Gasteiger partial charge in [0.05, 0.1) is 6.54 Å². The number of piperidine rings is 1. The largest absolute Gasteiger partial charge is 0.342 e. The van der Waals surface area contributed by atoms with E-state index in [1.807, 2.05) is 35.2 Å². The second-order valence-electron chi connectivity index (χ2n) is 6.37. The van der Waals surface area contributed by atoms with Crippen LogP contribution in [0.1, 0.15) is 36.0 Å². The van der Waals surface area contributed by atoms with Gasteiger partial charge in [-0.1, -0.05) is 30.3 Å². The Morgan fingerprint density at radius 3 is 2.23 bits per heavy atom. The van der Waals surface area contributed by atoms with Crippen molar-refractivity contribution in [2.75, 3.05) is 32.7 Å². The molecule has 2 fully saturated rings. The number of hydrogen-bond donors (Lipinski definition) is 0. The number of amides is 1. The van der Waals surface area contributed by atoms with Crippen LogP contribution >= 0.6 is 0 Å². The maximum absolute atomic E-state index is 12.4. The number of hydrogen-bond acceptors (Lipinski definition) is 3. The van der Waals surface area contributed by atoms with Gasteiger partial charge < -0.3 is 4.90 Å². The van der Waals surface area contributed by atoms with E-state index < -0.39 is 0 Å². The summed E-state index contributed by atoms with van der Waals surface area (Å²) in [5.74, 6) is 0.622. The third-order valence-electron chi connectivity index (χ3n) is 4.83. The highest BCUT2D eigenvalue weighted by atomic mass is 16.2. The summed E-state index contributed by atoms with van der Waals surface area (Å²) in [7, 11) is 0. The lowest BCUT2D eigenvalue weighted by molar-refractivity contribution is -0.131. The van der Waals surface area contributed by atoms with Gasteiger partial charge in [0.25, 0.3) is 0 Å². The van der Waals surface area contributed by atoms with E-state index in [0.29, 0.717) is 6.54 Å². The van der Waals surface area contributed by atoms with Gasteiger partial charge in [-0.3, -0.25) is 14.5 Å². The van der Waals surface area contributed by atoms with Crippen LogP contribution < -0.4 is 0 Å². The number of Topliss-reactive ketones (excluding diaryl/α,β-unsaturated/α-hetero) is 1. The minimum Gasteiger partial charge on any atom is -0.342 e. The van der Waals surface area contributed by atoms with Gasteiger partial charge in [0, 0.05) is 24.6 Å². The summed E-state index contributed by atoms with van der Waals surface area (Å²) < 4.78 is 0. The summed E-state index contributed by atoms with van der Waals surface area (Å²) in [5, 5.41) is 0. The van der Waals surface area contributed by atoms with E-state index in [1.54, 1.807) is 0 Å². The van der Waals surface area contributed by atoms with Gasteiger partial charge in [-0.2, -0.15) is 0 Å². The zero-order chi connectivity index (χ0) is 15.4. The summed E-state index contributed by atoms with van der Waals surface area (Å²) in [6.07, 6.45) is 4.00. The minimum absolute atomic E-state index is 0.112. The molecule has 0 N–H and O–H groups in total. The Balaban J connectivity index is 1.48. The second-order valence-corrected chi connectivity index (χ2v) is 6.37. The summed E-state index contributed by atoms with van der Waals surface area (Å²) in [5.41, 5.74) is 0.814. The van der Waals surface area contributed by atoms with Gasteiger partial charge in [-0.05, 0) is 38.8 Å². The molecule has 2 aliphatic heterocycles. The van der Waals surface area contributed by atoms with E-state index in [4.69, 9.17) is 0 Å². The molecular formula is C18H24N2O2. The first kappa shape index (κ1) is 15.2. The van der Waals surface area contributed by atoms with Crippen LogP contribution in [0.25, 0.3) is 0 Å². The number of likely N-dealkylation sites (tertiary alicyclic amines) is 2. The molecule has 0 saturated carbocycles. The van der Waals surface area contributed by atoms with E-state index in [2.05, 4.69) is 4.90 Å². The van der Waals surface area contributed by atoms with Crippen LogP contribution in [0.2, 0.25) is 0 Å². The van der Waals surface area contributed by atoms with Crippen LogP contribution in [0.3, 0.4) is 0 Å². The number of ketones is 1. The van der Waals surface area contributed by atoms with E-state index in [-0.39, 0.29) is 17.6 Å². The lowest BCUT2D eigenvalue weighted by Gasteiger charge is -2.31. The monoisotopic (exact) mass is 300 g/mol. The average Bonchev–Trinajstić information content (AvgIpc) is 3.10. The number of carbonyl (C=O) groups is 2. The molecule has 0 bridgehead atoms. The fourth-order valence-electron chi connectivity index (χ4n) is 3.45. The topological polar surface area (TPSA) is 40.6 Å². The molecule has 2 saturated heterocycles. The Bertz CT molecular complexity index is 515. The van der Waals surface area contributed by atoms with Crippen molar-refractivity contribution in [1.29, 1.82) is 0 Å². The molecule has 0 spiro atoms. The van der Waals surface area contributed by atoms with Crippen molar-refractivity contribution in [3.63, 3.8) is 0 Å². The van der Waals surface area contributed by atoms with Gasteiger partial charge in [0.2, 0.25) is 5.91 Å². The summed E-state index contributed by atoms with van der Waals surface area (Å²) in [6.45, 7) is 4.06. The molecule has 3 rings (SSSR count). The summed E-state index contributed by atoms with van der Waals surface area (Å²) in [4.78, 5) is 28.8. The molecule has 4 heteroatoms. The SMILES string of the molecule is O=C(c1ccccc1)C1CCN(CC(=O)N2CCCC2)CC1. The summed E-state index contributed by atoms with van der Waals surface area (Å²) in [6, 6.07) is 9.55. The Morgan fingerprint density at radius 2 is 1.59 bits per heavy atom. The highest BCUT2D eigenvalue weighted by molar-refractivity contribution is 5.97. The highest BCUT2D eigenvalue weighted by Crippen LogP contribution is 2.22. The predicted octanol–water partition coefficient (Wildman–Crippen LogP) is 2.20. The maximum atomic E-state index is 12.4. The number of rotatable bonds is 4. The van der Waals surface area contributed by atoms with E-state index >= 15 is 0 Å². The molecule has 2 aliphatic rings. The van der Waals surface area contributed by atoms with Gasteiger partial charge >= 0.3 is 0 Å². The molecule has 0 unspecified atom stereocenters. The van der Waals surface area contributed by atoms with E-state index in [1.165, 1.54) is 0 Å². The van der Waals surface area contributed by atoms with E-state index in [0.717, 1.165) is 57.4 Å². The Labute approximate surface area is 132 Å². The lowest BCUT2D eigenvalue weighted by Crippen LogP contribution is -2.43. The minimum atomic E-state index is 0.112. The zero-order valence-corrected chi connectivity index (χ0v) is 13.0. The van der Waals surface area contributed by atoms with Crippen molar-refractivity contribution in [2.24, 2.45) is 5.92 Å². The molecule has 0 atom stereocenters. The Kier molecular flexibility index (Phi) is 4.88. The normalized spacial score (nSPS) is 20.3. The number of benzene rings is 1. The third-order valence-corrected chi connectivity index (χ3v) is 4.83. The van der Waals surface area contributed by atoms with Gasteiger partial charge in [0.1, 0.15) is 0 Å². The first-order chi connectivity index (χ1) is 10.7. The maximum Gasteiger partial charge on any atom is 0.236 e. The van der Waals surface area contributed by atoms with Crippen LogP contribution in [0.4, 0.5) is 0 Å². The fourth-order valence-corrected chi connectivity index (χ4v) is 3.45. The molecule has 0 aromatic heterocycles. The Morgan fingerprint density at radius 1 is 0.955 bits per heavy atom. The molecule has 4 nitrogen and oxygen atoms in total. The molecule has 1 aromatic rings. The van der Waals surface area contributed by atoms with Crippen LogP contribution in [0.5, 0.6) is 0 Å². The van der Waals surface area contributed by atoms with Crippen molar-refractivity contribution >= 4 is 11.7 Å². The van der Waals surface area contributed by atoms with Gasteiger partial charge in [-0.25, -0.2) is 0 Å². The molecule has 0 radical (unpaired) electrons. The van der Waals surface area contributed by atoms with Crippen LogP contribution in [-0.4, -0.2) is 54.2 Å². The quantitative estimate of drug-likeness (QED) is 0.801. The molecule has 22 heavy (non-hydrogen) atoms. The first-order valence-electron chi connectivity index (χ1n) is 8.33. The lowest BCUT2D eigenvalue weighted by atomic mass is 9.89. The van der Waals surface area contributed by atoms with Crippen molar-refractivity contribution in [1.82, 2.24) is 9.80 Å².